The van der Waals surface area contributed by atoms with Gasteiger partial charge in [0.15, 0.2) is 0 Å². The summed E-state index contributed by atoms with van der Waals surface area (Å²) < 4.78 is 0. The van der Waals surface area contributed by atoms with Gasteiger partial charge in [0.05, 0.1) is 18.0 Å². The summed E-state index contributed by atoms with van der Waals surface area (Å²) in [6.07, 6.45) is 9.13. The van der Waals surface area contributed by atoms with E-state index in [2.05, 4.69) is 25.5 Å². The highest BCUT2D eigenvalue weighted by Gasteiger charge is 2.02. The van der Waals surface area contributed by atoms with Crippen molar-refractivity contribution in [2.45, 2.75) is 0 Å². The number of hydrazone groups is 1. The summed E-state index contributed by atoms with van der Waals surface area (Å²) in [6.45, 7) is 0. The van der Waals surface area contributed by atoms with Crippen LogP contribution < -0.4 is 5.43 Å². The van der Waals surface area contributed by atoms with Gasteiger partial charge in [-0.1, -0.05) is 0 Å². The van der Waals surface area contributed by atoms with Crippen LogP contribution in [0.3, 0.4) is 0 Å². The zero-order chi connectivity index (χ0) is 11.9. The Kier molecular flexibility index (Phi) is 3.49. The van der Waals surface area contributed by atoms with Crippen molar-refractivity contribution in [2.24, 2.45) is 5.10 Å². The van der Waals surface area contributed by atoms with Crippen molar-refractivity contribution in [1.82, 2.24) is 20.4 Å². The number of amides is 1. The molecule has 0 aliphatic carbocycles. The molecule has 0 unspecified atom stereocenters. The number of pyridine rings is 1. The van der Waals surface area contributed by atoms with Crippen LogP contribution in [0.1, 0.15) is 16.1 Å². The average molecular weight is 227 g/mol. The fourth-order valence-electron chi connectivity index (χ4n) is 1.10. The molecule has 0 aromatic carbocycles. The minimum absolute atomic E-state index is 0.321. The third-order valence-corrected chi connectivity index (χ3v) is 1.87. The number of carbonyl (C=O) groups excluding carboxylic acids is 1. The van der Waals surface area contributed by atoms with E-state index in [1.54, 1.807) is 36.9 Å². The van der Waals surface area contributed by atoms with E-state index in [1.165, 1.54) is 12.4 Å². The monoisotopic (exact) mass is 227 g/mol. The molecule has 0 saturated carbocycles. The lowest BCUT2D eigenvalue weighted by Crippen LogP contribution is -2.17. The van der Waals surface area contributed by atoms with Gasteiger partial charge in [-0.3, -0.25) is 19.7 Å². The molecule has 0 aliphatic heterocycles. The second-order valence-corrected chi connectivity index (χ2v) is 3.07. The molecule has 17 heavy (non-hydrogen) atoms. The SMILES string of the molecule is O=C(N/N=C/c1cnccn1)c1cccnc1. The number of aromatic nitrogens is 3. The lowest BCUT2D eigenvalue weighted by atomic mass is 10.3. The fourth-order valence-corrected chi connectivity index (χ4v) is 1.10. The molecule has 0 radical (unpaired) electrons. The largest absolute Gasteiger partial charge is 0.272 e. The van der Waals surface area contributed by atoms with Crippen molar-refractivity contribution in [1.29, 1.82) is 0 Å². The third-order valence-electron chi connectivity index (χ3n) is 1.87. The second kappa shape index (κ2) is 5.45. The molecule has 0 bridgehead atoms. The molecule has 2 heterocycles. The number of hydrogen-bond donors (Lipinski definition) is 1. The summed E-state index contributed by atoms with van der Waals surface area (Å²) in [6, 6.07) is 3.33. The van der Waals surface area contributed by atoms with Gasteiger partial charge < -0.3 is 0 Å². The molecule has 0 saturated heterocycles. The Morgan fingerprint density at radius 1 is 1.24 bits per heavy atom. The Hall–Kier alpha value is -2.63. The first-order chi connectivity index (χ1) is 8.36. The second-order valence-electron chi connectivity index (χ2n) is 3.07. The van der Waals surface area contributed by atoms with Gasteiger partial charge in [0, 0.05) is 24.8 Å². The van der Waals surface area contributed by atoms with Gasteiger partial charge in [0.25, 0.3) is 5.91 Å². The average Bonchev–Trinajstić information content (AvgIpc) is 2.41. The highest BCUT2D eigenvalue weighted by Crippen LogP contribution is 1.94. The predicted octanol–water partition coefficient (Wildman–Crippen LogP) is 0.635. The van der Waals surface area contributed by atoms with E-state index in [0.29, 0.717) is 11.3 Å². The van der Waals surface area contributed by atoms with Gasteiger partial charge in [-0.2, -0.15) is 5.10 Å². The van der Waals surface area contributed by atoms with Crippen LogP contribution in [-0.4, -0.2) is 27.1 Å². The number of carbonyl (C=O) groups is 1. The first-order valence-corrected chi connectivity index (χ1v) is 4.86. The normalized spacial score (nSPS) is 10.4. The van der Waals surface area contributed by atoms with E-state index >= 15 is 0 Å². The van der Waals surface area contributed by atoms with Crippen LogP contribution >= 0.6 is 0 Å². The highest BCUT2D eigenvalue weighted by molar-refractivity contribution is 5.94. The van der Waals surface area contributed by atoms with Crippen molar-refractivity contribution >= 4 is 12.1 Å². The molecule has 2 aromatic heterocycles. The summed E-state index contributed by atoms with van der Waals surface area (Å²) in [5, 5.41) is 3.76. The summed E-state index contributed by atoms with van der Waals surface area (Å²) in [7, 11) is 0. The zero-order valence-electron chi connectivity index (χ0n) is 8.82. The van der Waals surface area contributed by atoms with Crippen molar-refractivity contribution in [3.8, 4) is 0 Å². The van der Waals surface area contributed by atoms with E-state index in [0.717, 1.165) is 0 Å². The molecule has 84 valence electrons. The van der Waals surface area contributed by atoms with Crippen LogP contribution in [0.15, 0.2) is 48.2 Å². The van der Waals surface area contributed by atoms with Crippen LogP contribution in [0.25, 0.3) is 0 Å². The minimum atomic E-state index is -0.321. The molecule has 2 rings (SSSR count). The first kappa shape index (κ1) is 10.9. The van der Waals surface area contributed by atoms with Crippen molar-refractivity contribution < 1.29 is 4.79 Å². The van der Waals surface area contributed by atoms with E-state index < -0.39 is 0 Å². The van der Waals surface area contributed by atoms with Gasteiger partial charge in [-0.15, -0.1) is 0 Å². The van der Waals surface area contributed by atoms with Crippen LogP contribution in [0, 0.1) is 0 Å². The Morgan fingerprint density at radius 2 is 2.12 bits per heavy atom. The maximum Gasteiger partial charge on any atom is 0.272 e. The molecule has 0 atom stereocenters. The Labute approximate surface area is 97.5 Å². The number of nitrogens with zero attached hydrogens (tertiary/aromatic N) is 4. The van der Waals surface area contributed by atoms with Gasteiger partial charge in [0.1, 0.15) is 5.69 Å². The molecule has 1 amide bonds. The van der Waals surface area contributed by atoms with Crippen LogP contribution in [0.2, 0.25) is 0 Å². The molecule has 0 fully saturated rings. The molecular formula is C11H9N5O. The molecule has 6 heteroatoms. The highest BCUT2D eigenvalue weighted by atomic mass is 16.2. The molecule has 1 N–H and O–H groups in total. The van der Waals surface area contributed by atoms with E-state index in [9.17, 15) is 4.79 Å². The topological polar surface area (TPSA) is 80.1 Å². The molecule has 0 spiro atoms. The third kappa shape index (κ3) is 3.16. The lowest BCUT2D eigenvalue weighted by Gasteiger charge is -1.97. The summed E-state index contributed by atoms with van der Waals surface area (Å²) >= 11 is 0. The summed E-state index contributed by atoms with van der Waals surface area (Å²) in [5.74, 6) is -0.321. The molecule has 0 aliphatic rings. The van der Waals surface area contributed by atoms with E-state index in [1.807, 2.05) is 0 Å². The Bertz CT molecular complexity index is 512. The van der Waals surface area contributed by atoms with Gasteiger partial charge in [-0.25, -0.2) is 5.43 Å². The molecule has 2 aromatic rings. The number of rotatable bonds is 3. The van der Waals surface area contributed by atoms with E-state index in [4.69, 9.17) is 0 Å². The smallest absolute Gasteiger partial charge is 0.267 e. The molecule has 6 nitrogen and oxygen atoms in total. The fraction of sp³-hybridized carbons (Fsp3) is 0. The van der Waals surface area contributed by atoms with E-state index in [-0.39, 0.29) is 5.91 Å². The number of nitrogens with one attached hydrogen (secondary N) is 1. The van der Waals surface area contributed by atoms with Crippen LogP contribution in [0.5, 0.6) is 0 Å². The maximum atomic E-state index is 11.5. The van der Waals surface area contributed by atoms with Crippen LogP contribution in [0.4, 0.5) is 0 Å². The van der Waals surface area contributed by atoms with Gasteiger partial charge in [-0.05, 0) is 12.1 Å². The lowest BCUT2D eigenvalue weighted by molar-refractivity contribution is 0.0955. The Morgan fingerprint density at radius 3 is 2.82 bits per heavy atom. The van der Waals surface area contributed by atoms with Crippen molar-refractivity contribution in [3.63, 3.8) is 0 Å². The quantitative estimate of drug-likeness (QED) is 0.616. The Balaban J connectivity index is 1.95. The maximum absolute atomic E-state index is 11.5. The summed E-state index contributed by atoms with van der Waals surface area (Å²) in [5.41, 5.74) is 3.39. The van der Waals surface area contributed by atoms with Crippen LogP contribution in [-0.2, 0) is 0 Å². The van der Waals surface area contributed by atoms with Gasteiger partial charge in [0.2, 0.25) is 0 Å². The van der Waals surface area contributed by atoms with Crippen molar-refractivity contribution in [2.75, 3.05) is 0 Å². The zero-order valence-corrected chi connectivity index (χ0v) is 8.82. The standard InChI is InChI=1S/C11H9N5O/c17-11(9-2-1-3-12-6-9)16-15-8-10-7-13-4-5-14-10/h1-8H,(H,16,17)/b15-8+. The number of hydrogen-bond acceptors (Lipinski definition) is 5. The summed E-state index contributed by atoms with van der Waals surface area (Å²) in [4.78, 5) is 23.2. The predicted molar refractivity (Wildman–Crippen MR) is 61.3 cm³/mol. The van der Waals surface area contributed by atoms with Gasteiger partial charge >= 0.3 is 0 Å². The molecular weight excluding hydrogens is 218 g/mol. The van der Waals surface area contributed by atoms with Crippen molar-refractivity contribution in [3.05, 3.63) is 54.4 Å². The minimum Gasteiger partial charge on any atom is -0.267 e. The first-order valence-electron chi connectivity index (χ1n) is 4.86.